The van der Waals surface area contributed by atoms with Gasteiger partial charge in [0.25, 0.3) is 0 Å². The maximum Gasteiger partial charge on any atom is 0.470 e. The quantitative estimate of drug-likeness (QED) is 0.310. The topological polar surface area (TPSA) is 174 Å². The SMILES string of the molecule is CN1CC2C(C1)C2(C)C.CO[C@H](C)CC=O.NC(=O)C(CC1CC2(CC2)NC1=O)NC=O.NC(=O)C(F)(F)F. The molecule has 4 unspecified atom stereocenters. The fourth-order valence-corrected chi connectivity index (χ4v) is 4.84. The lowest BCUT2D eigenvalue weighted by Gasteiger charge is -2.15. The fraction of sp³-hybridized carbons (Fsp3) is 0.800. The summed E-state index contributed by atoms with van der Waals surface area (Å²) in [4.78, 5) is 54.2. The van der Waals surface area contributed by atoms with Crippen molar-refractivity contribution in [2.75, 3.05) is 27.2 Å². The highest BCUT2D eigenvalue weighted by Crippen LogP contribution is 2.61. The lowest BCUT2D eigenvalue weighted by atomic mass is 9.95. The van der Waals surface area contributed by atoms with Gasteiger partial charge < -0.3 is 36.5 Å². The smallest absolute Gasteiger partial charge is 0.381 e. The molecule has 5 atom stereocenters. The van der Waals surface area contributed by atoms with Gasteiger partial charge in [0.2, 0.25) is 18.2 Å². The van der Waals surface area contributed by atoms with Gasteiger partial charge in [-0.05, 0) is 56.9 Å². The Morgan fingerprint density at radius 2 is 1.72 bits per heavy atom. The molecule has 2 heterocycles. The second kappa shape index (κ2) is 14.1. The van der Waals surface area contributed by atoms with E-state index in [0.717, 1.165) is 37.4 Å². The molecule has 2 saturated carbocycles. The van der Waals surface area contributed by atoms with E-state index in [9.17, 15) is 32.3 Å². The number of methoxy groups -OCH3 is 1. The number of alkyl halides is 3. The molecule has 4 rings (SSSR count). The summed E-state index contributed by atoms with van der Waals surface area (Å²) in [5.74, 6) is -1.04. The van der Waals surface area contributed by atoms with E-state index in [-0.39, 0.29) is 23.5 Å². The second-order valence-corrected chi connectivity index (χ2v) is 11.2. The average molecular weight is 566 g/mol. The van der Waals surface area contributed by atoms with Crippen LogP contribution in [0.1, 0.15) is 52.9 Å². The Labute approximate surface area is 226 Å². The molecule has 224 valence electrons. The molecule has 0 aromatic carbocycles. The first-order chi connectivity index (χ1) is 17.9. The van der Waals surface area contributed by atoms with E-state index in [4.69, 9.17) is 15.3 Å². The summed E-state index contributed by atoms with van der Waals surface area (Å²) in [5, 5.41) is 5.28. The molecule has 6 N–H and O–H groups in total. The van der Waals surface area contributed by atoms with Crippen LogP contribution >= 0.6 is 0 Å². The third-order valence-corrected chi connectivity index (χ3v) is 7.80. The molecule has 2 aliphatic heterocycles. The summed E-state index contributed by atoms with van der Waals surface area (Å²) in [6, 6.07) is -0.748. The maximum atomic E-state index is 11.6. The van der Waals surface area contributed by atoms with Gasteiger partial charge in [0.1, 0.15) is 12.3 Å². The molecule has 1 spiro atoms. The molecule has 14 heteroatoms. The van der Waals surface area contributed by atoms with Crippen molar-refractivity contribution in [2.45, 2.75) is 76.7 Å². The van der Waals surface area contributed by atoms with Crippen molar-refractivity contribution < 1.29 is 41.9 Å². The molecule has 11 nitrogen and oxygen atoms in total. The number of rotatable bonds is 8. The van der Waals surface area contributed by atoms with E-state index < -0.39 is 24.0 Å². The van der Waals surface area contributed by atoms with Crippen LogP contribution < -0.4 is 22.1 Å². The monoisotopic (exact) mass is 565 g/mol. The Kier molecular flexibility index (Phi) is 12.4. The number of primary amides is 2. The first-order valence-corrected chi connectivity index (χ1v) is 12.8. The van der Waals surface area contributed by atoms with E-state index >= 15 is 0 Å². The van der Waals surface area contributed by atoms with Gasteiger partial charge >= 0.3 is 12.1 Å². The highest BCUT2D eigenvalue weighted by atomic mass is 19.4. The van der Waals surface area contributed by atoms with Crippen LogP contribution in [0.4, 0.5) is 13.2 Å². The number of piperidine rings is 1. The van der Waals surface area contributed by atoms with Crippen LogP contribution in [0.15, 0.2) is 0 Å². The zero-order chi connectivity index (χ0) is 30.2. The first kappa shape index (κ1) is 34.3. The Hall–Kier alpha value is -2.74. The number of halogens is 3. The highest BCUT2D eigenvalue weighted by molar-refractivity contribution is 5.86. The number of ether oxygens (including phenoxy) is 1. The van der Waals surface area contributed by atoms with Crippen molar-refractivity contribution in [3.05, 3.63) is 0 Å². The molecule has 0 aromatic rings. The van der Waals surface area contributed by atoms with Gasteiger partial charge in [-0.15, -0.1) is 0 Å². The van der Waals surface area contributed by atoms with Gasteiger partial charge in [0.05, 0.1) is 6.10 Å². The summed E-state index contributed by atoms with van der Waals surface area (Å²) in [6.07, 6.45) is 0.0739. The van der Waals surface area contributed by atoms with E-state index in [1.54, 1.807) is 7.11 Å². The zero-order valence-electron chi connectivity index (χ0n) is 23.2. The van der Waals surface area contributed by atoms with E-state index in [2.05, 4.69) is 42.2 Å². The molecule has 4 aliphatic rings. The molecule has 4 fully saturated rings. The molecule has 0 radical (unpaired) electrons. The fourth-order valence-electron chi connectivity index (χ4n) is 4.84. The molecule has 39 heavy (non-hydrogen) atoms. The second-order valence-electron chi connectivity index (χ2n) is 11.2. The van der Waals surface area contributed by atoms with Crippen LogP contribution in [0.25, 0.3) is 0 Å². The van der Waals surface area contributed by atoms with Gasteiger partial charge in [-0.2, -0.15) is 13.2 Å². The van der Waals surface area contributed by atoms with Crippen LogP contribution in [0, 0.1) is 23.2 Å². The van der Waals surface area contributed by atoms with Gasteiger partial charge in [-0.1, -0.05) is 13.8 Å². The van der Waals surface area contributed by atoms with Crippen molar-refractivity contribution in [1.29, 1.82) is 0 Å². The lowest BCUT2D eigenvalue weighted by molar-refractivity contribution is -0.169. The largest absolute Gasteiger partial charge is 0.470 e. The summed E-state index contributed by atoms with van der Waals surface area (Å²) in [6.45, 7) is 9.34. The van der Waals surface area contributed by atoms with Gasteiger partial charge in [0.15, 0.2) is 0 Å². The Balaban J connectivity index is 0.000000282. The predicted octanol–water partition coefficient (Wildman–Crippen LogP) is 0.493. The number of amides is 4. The Morgan fingerprint density at radius 1 is 1.21 bits per heavy atom. The van der Waals surface area contributed by atoms with Crippen molar-refractivity contribution in [3.8, 4) is 0 Å². The first-order valence-electron chi connectivity index (χ1n) is 12.8. The number of carbonyl (C=O) groups excluding carboxylic acids is 5. The number of fused-ring (bicyclic) bond motifs is 1. The van der Waals surface area contributed by atoms with Gasteiger partial charge in [-0.25, -0.2) is 0 Å². The molecule has 4 amide bonds. The highest BCUT2D eigenvalue weighted by Gasteiger charge is 2.61. The standard InChI is InChI=1S/C10H15N3O3.C8H15N.C5H10O2.C2H2F3NO/c11-8(15)7(12-5-14)3-6-4-10(1-2-10)13-9(6)16;1-8(2)6-4-9(3)5-7(6)8;1-5(7-2)3-4-6;3-2(4,5)1(6)7/h5-7H,1-4H2,(H2,11,15)(H,12,14)(H,13,16);6-7H,4-5H2,1-3H3;4-5H,3H2,1-2H3;(H2,6,7)/t;;5-;/m..1./s1. The van der Waals surface area contributed by atoms with Crippen molar-refractivity contribution in [1.82, 2.24) is 15.5 Å². The number of aldehydes is 1. The number of nitrogens with one attached hydrogen (secondary N) is 2. The Bertz CT molecular complexity index is 867. The molecule has 2 aliphatic carbocycles. The van der Waals surface area contributed by atoms with Crippen LogP contribution in [-0.2, 0) is 28.7 Å². The van der Waals surface area contributed by atoms with Gasteiger partial charge in [-0.3, -0.25) is 19.2 Å². The number of likely N-dealkylation sites (tertiary alicyclic amines) is 1. The summed E-state index contributed by atoms with van der Waals surface area (Å²) < 4.78 is 36.9. The number of carbonyl (C=O) groups is 5. The van der Waals surface area contributed by atoms with Crippen LogP contribution in [0.2, 0.25) is 0 Å². The maximum absolute atomic E-state index is 11.6. The minimum Gasteiger partial charge on any atom is -0.381 e. The van der Waals surface area contributed by atoms with Crippen LogP contribution in [0.5, 0.6) is 0 Å². The minimum absolute atomic E-state index is 0.00880. The van der Waals surface area contributed by atoms with Crippen molar-refractivity contribution in [3.63, 3.8) is 0 Å². The predicted molar refractivity (Wildman–Crippen MR) is 136 cm³/mol. The van der Waals surface area contributed by atoms with E-state index in [0.29, 0.717) is 24.7 Å². The van der Waals surface area contributed by atoms with Crippen LogP contribution in [-0.4, -0.2) is 86.4 Å². The minimum atomic E-state index is -4.86. The third kappa shape index (κ3) is 10.7. The molecule has 2 saturated heterocycles. The lowest BCUT2D eigenvalue weighted by Crippen LogP contribution is -2.42. The number of hydrogen-bond acceptors (Lipinski definition) is 7. The summed E-state index contributed by atoms with van der Waals surface area (Å²) >= 11 is 0. The third-order valence-electron chi connectivity index (χ3n) is 7.80. The molecular formula is C25H42F3N5O6. The van der Waals surface area contributed by atoms with E-state index in [1.807, 2.05) is 6.92 Å². The number of nitrogens with two attached hydrogens (primary N) is 2. The van der Waals surface area contributed by atoms with Crippen molar-refractivity contribution in [2.24, 2.45) is 34.6 Å². The normalized spacial score (nSPS) is 26.5. The summed E-state index contributed by atoms with van der Waals surface area (Å²) in [5.41, 5.74) is 9.64. The summed E-state index contributed by atoms with van der Waals surface area (Å²) in [7, 11) is 3.82. The molecule has 0 bridgehead atoms. The van der Waals surface area contributed by atoms with Crippen molar-refractivity contribution >= 4 is 30.4 Å². The van der Waals surface area contributed by atoms with Gasteiger partial charge in [0, 0.05) is 38.1 Å². The molecular weight excluding hydrogens is 523 g/mol. The number of hydrogen-bond donors (Lipinski definition) is 4. The van der Waals surface area contributed by atoms with Crippen LogP contribution in [0.3, 0.4) is 0 Å². The zero-order valence-corrected chi connectivity index (χ0v) is 23.2. The average Bonchev–Trinajstić information content (AvgIpc) is 3.54. The molecule has 0 aromatic heterocycles. The number of nitrogens with zero attached hydrogens (tertiary/aromatic N) is 1. The van der Waals surface area contributed by atoms with E-state index in [1.165, 1.54) is 13.1 Å². The Morgan fingerprint density at radius 3 is 2.00 bits per heavy atom.